The highest BCUT2D eigenvalue weighted by molar-refractivity contribution is 5.79. The van der Waals surface area contributed by atoms with E-state index in [9.17, 15) is 4.79 Å². The molecule has 3 rings (SSSR count). The van der Waals surface area contributed by atoms with Gasteiger partial charge in [0, 0.05) is 13.1 Å². The third-order valence-corrected chi connectivity index (χ3v) is 4.23. The lowest BCUT2D eigenvalue weighted by Crippen LogP contribution is -2.29. The predicted octanol–water partition coefficient (Wildman–Crippen LogP) is 2.73. The van der Waals surface area contributed by atoms with Crippen molar-refractivity contribution in [2.24, 2.45) is 0 Å². The normalized spacial score (nSPS) is 18.8. The maximum Gasteiger partial charge on any atom is 0.226 e. The van der Waals surface area contributed by atoms with E-state index in [-0.39, 0.29) is 0 Å². The van der Waals surface area contributed by atoms with Crippen LogP contribution in [0, 0.1) is 0 Å². The molecule has 0 bridgehead atoms. The zero-order chi connectivity index (χ0) is 12.4. The highest BCUT2D eigenvalue weighted by Gasteiger charge is 2.18. The average molecular weight is 243 g/mol. The Balaban J connectivity index is 1.70. The third-order valence-electron chi connectivity index (χ3n) is 4.23. The first-order valence-corrected chi connectivity index (χ1v) is 7.21. The molecule has 2 aliphatic rings. The van der Waals surface area contributed by atoms with Crippen LogP contribution in [0.3, 0.4) is 0 Å². The molecule has 1 heterocycles. The fraction of sp³-hybridized carbons (Fsp3) is 0.562. The number of hydrogen-bond donors (Lipinski definition) is 0. The molecule has 0 unspecified atom stereocenters. The van der Waals surface area contributed by atoms with Crippen molar-refractivity contribution >= 4 is 5.91 Å². The van der Waals surface area contributed by atoms with Gasteiger partial charge in [0.05, 0.1) is 6.42 Å². The Bertz CT molecular complexity index is 446. The summed E-state index contributed by atoms with van der Waals surface area (Å²) in [6, 6.07) is 6.65. The first-order chi connectivity index (χ1) is 8.83. The number of benzene rings is 1. The van der Waals surface area contributed by atoms with Crippen molar-refractivity contribution in [2.75, 3.05) is 13.1 Å². The Morgan fingerprint density at radius 3 is 2.50 bits per heavy atom. The van der Waals surface area contributed by atoms with Gasteiger partial charge < -0.3 is 4.90 Å². The summed E-state index contributed by atoms with van der Waals surface area (Å²) >= 11 is 0. The number of amides is 1. The SMILES string of the molecule is O=C(Cc1ccc2c(c1)CCCC2)N1CCCC1. The number of likely N-dealkylation sites (tertiary alicyclic amines) is 1. The summed E-state index contributed by atoms with van der Waals surface area (Å²) in [5.74, 6) is 0.309. The Labute approximate surface area is 109 Å². The standard InChI is InChI=1S/C16H21NO/c18-16(17-9-3-4-10-17)12-13-7-8-14-5-1-2-6-15(14)11-13/h7-8,11H,1-6,9-10,12H2. The molecule has 96 valence electrons. The van der Waals surface area contributed by atoms with Crippen molar-refractivity contribution < 1.29 is 4.79 Å². The van der Waals surface area contributed by atoms with Gasteiger partial charge in [0.25, 0.3) is 0 Å². The smallest absolute Gasteiger partial charge is 0.226 e. The quantitative estimate of drug-likeness (QED) is 0.782. The number of nitrogens with zero attached hydrogens (tertiary/aromatic N) is 1. The van der Waals surface area contributed by atoms with E-state index in [1.165, 1.54) is 55.2 Å². The zero-order valence-electron chi connectivity index (χ0n) is 11.0. The van der Waals surface area contributed by atoms with Gasteiger partial charge in [-0.15, -0.1) is 0 Å². The summed E-state index contributed by atoms with van der Waals surface area (Å²) in [5, 5.41) is 0. The molecule has 1 saturated heterocycles. The number of aryl methyl sites for hydroxylation is 2. The van der Waals surface area contributed by atoms with E-state index >= 15 is 0 Å². The molecule has 0 saturated carbocycles. The highest BCUT2D eigenvalue weighted by Crippen LogP contribution is 2.22. The first kappa shape index (κ1) is 11.8. The van der Waals surface area contributed by atoms with Gasteiger partial charge in [-0.25, -0.2) is 0 Å². The molecule has 0 atom stereocenters. The molecule has 1 fully saturated rings. The molecule has 2 heteroatoms. The molecule has 1 aromatic carbocycles. The van der Waals surface area contributed by atoms with E-state index in [4.69, 9.17) is 0 Å². The minimum atomic E-state index is 0.309. The van der Waals surface area contributed by atoms with Crippen molar-refractivity contribution in [3.8, 4) is 0 Å². The summed E-state index contributed by atoms with van der Waals surface area (Å²) in [6.07, 6.45) is 7.98. The van der Waals surface area contributed by atoms with Gasteiger partial charge in [0.1, 0.15) is 0 Å². The molecule has 18 heavy (non-hydrogen) atoms. The fourth-order valence-electron chi connectivity index (χ4n) is 3.15. The second kappa shape index (κ2) is 5.13. The Hall–Kier alpha value is -1.31. The van der Waals surface area contributed by atoms with Gasteiger partial charge >= 0.3 is 0 Å². The van der Waals surface area contributed by atoms with Crippen LogP contribution in [-0.4, -0.2) is 23.9 Å². The summed E-state index contributed by atoms with van der Waals surface area (Å²) in [5.41, 5.74) is 4.18. The van der Waals surface area contributed by atoms with Crippen LogP contribution in [0.2, 0.25) is 0 Å². The largest absolute Gasteiger partial charge is 0.342 e. The predicted molar refractivity (Wildman–Crippen MR) is 72.6 cm³/mol. The number of hydrogen-bond acceptors (Lipinski definition) is 1. The average Bonchev–Trinajstić information content (AvgIpc) is 2.92. The number of carbonyl (C=O) groups is 1. The van der Waals surface area contributed by atoms with E-state index in [1.54, 1.807) is 0 Å². The van der Waals surface area contributed by atoms with Gasteiger partial charge in [-0.2, -0.15) is 0 Å². The molecule has 0 aromatic heterocycles. The van der Waals surface area contributed by atoms with Gasteiger partial charge in [0.15, 0.2) is 0 Å². The van der Waals surface area contributed by atoms with E-state index in [0.29, 0.717) is 12.3 Å². The van der Waals surface area contributed by atoms with Crippen LogP contribution in [0.25, 0.3) is 0 Å². The summed E-state index contributed by atoms with van der Waals surface area (Å²) in [6.45, 7) is 1.92. The van der Waals surface area contributed by atoms with E-state index in [2.05, 4.69) is 18.2 Å². The second-order valence-corrected chi connectivity index (χ2v) is 5.57. The van der Waals surface area contributed by atoms with Crippen LogP contribution in [0.5, 0.6) is 0 Å². The zero-order valence-corrected chi connectivity index (χ0v) is 11.0. The first-order valence-electron chi connectivity index (χ1n) is 7.21. The maximum atomic E-state index is 12.1. The lowest BCUT2D eigenvalue weighted by molar-refractivity contribution is -0.129. The van der Waals surface area contributed by atoms with Gasteiger partial charge in [0.2, 0.25) is 5.91 Å². The van der Waals surface area contributed by atoms with Crippen LogP contribution in [0.1, 0.15) is 42.4 Å². The molecule has 1 aliphatic carbocycles. The lowest BCUT2D eigenvalue weighted by Gasteiger charge is -2.18. The molecule has 1 amide bonds. The Morgan fingerprint density at radius 1 is 1.00 bits per heavy atom. The van der Waals surface area contributed by atoms with Crippen LogP contribution in [0.4, 0.5) is 0 Å². The lowest BCUT2D eigenvalue weighted by atomic mass is 9.90. The molecular weight excluding hydrogens is 222 g/mol. The molecule has 0 radical (unpaired) electrons. The Kier molecular flexibility index (Phi) is 3.35. The maximum absolute atomic E-state index is 12.1. The number of fused-ring (bicyclic) bond motifs is 1. The highest BCUT2D eigenvalue weighted by atomic mass is 16.2. The minimum Gasteiger partial charge on any atom is -0.342 e. The van der Waals surface area contributed by atoms with Crippen LogP contribution >= 0.6 is 0 Å². The van der Waals surface area contributed by atoms with E-state index in [0.717, 1.165) is 13.1 Å². The fourth-order valence-corrected chi connectivity index (χ4v) is 3.15. The van der Waals surface area contributed by atoms with Crippen molar-refractivity contribution in [3.63, 3.8) is 0 Å². The molecule has 0 N–H and O–H groups in total. The molecule has 1 aliphatic heterocycles. The van der Waals surface area contributed by atoms with Gasteiger partial charge in [-0.05, 0) is 55.2 Å². The number of carbonyl (C=O) groups excluding carboxylic acids is 1. The molecule has 0 spiro atoms. The monoisotopic (exact) mass is 243 g/mol. The summed E-state index contributed by atoms with van der Waals surface area (Å²) < 4.78 is 0. The summed E-state index contributed by atoms with van der Waals surface area (Å²) in [7, 11) is 0. The van der Waals surface area contributed by atoms with E-state index in [1.807, 2.05) is 4.90 Å². The number of rotatable bonds is 2. The van der Waals surface area contributed by atoms with E-state index < -0.39 is 0 Å². The van der Waals surface area contributed by atoms with Crippen molar-refractivity contribution in [2.45, 2.75) is 44.9 Å². The van der Waals surface area contributed by atoms with Crippen LogP contribution in [0.15, 0.2) is 18.2 Å². The van der Waals surface area contributed by atoms with Crippen molar-refractivity contribution in [3.05, 3.63) is 34.9 Å². The van der Waals surface area contributed by atoms with Crippen molar-refractivity contribution in [1.29, 1.82) is 0 Å². The van der Waals surface area contributed by atoms with Gasteiger partial charge in [-0.1, -0.05) is 18.2 Å². The Morgan fingerprint density at radius 2 is 1.72 bits per heavy atom. The van der Waals surface area contributed by atoms with Crippen molar-refractivity contribution in [1.82, 2.24) is 4.90 Å². The topological polar surface area (TPSA) is 20.3 Å². The van der Waals surface area contributed by atoms with Crippen LogP contribution in [-0.2, 0) is 24.1 Å². The van der Waals surface area contributed by atoms with Crippen LogP contribution < -0.4 is 0 Å². The molecular formula is C16H21NO. The van der Waals surface area contributed by atoms with Gasteiger partial charge in [-0.3, -0.25) is 4.79 Å². The molecule has 2 nitrogen and oxygen atoms in total. The second-order valence-electron chi connectivity index (χ2n) is 5.57. The summed E-state index contributed by atoms with van der Waals surface area (Å²) in [4.78, 5) is 14.1. The third kappa shape index (κ3) is 2.43. The minimum absolute atomic E-state index is 0.309. The molecule has 1 aromatic rings.